The van der Waals surface area contributed by atoms with E-state index >= 15 is 0 Å². The lowest BCUT2D eigenvalue weighted by Gasteiger charge is -2.37. The molecule has 0 unspecified atom stereocenters. The molecule has 1 aliphatic carbocycles. The Morgan fingerprint density at radius 1 is 1.30 bits per heavy atom. The summed E-state index contributed by atoms with van der Waals surface area (Å²) in [6.07, 6.45) is 7.57. The molecular formula is C16H23NO3. The standard InChI is InChI=1S/C16H23NO3/c1-11-9-12(10-20-11)16(19)17-8-4-6-14(17)13-5-2-3-7-15(13)18/h9-10,13-15,18H,2-8H2,1H3/t13-,14+,15-/m0/s1. The lowest BCUT2D eigenvalue weighted by Crippen LogP contribution is -2.45. The Bertz CT molecular complexity index is 482. The highest BCUT2D eigenvalue weighted by molar-refractivity contribution is 5.94. The molecule has 1 amide bonds. The number of hydrogen-bond donors (Lipinski definition) is 1. The summed E-state index contributed by atoms with van der Waals surface area (Å²) in [5, 5.41) is 10.2. The van der Waals surface area contributed by atoms with E-state index in [1.165, 1.54) is 6.42 Å². The summed E-state index contributed by atoms with van der Waals surface area (Å²) in [7, 11) is 0. The number of rotatable bonds is 2. The maximum Gasteiger partial charge on any atom is 0.257 e. The van der Waals surface area contributed by atoms with E-state index in [1.54, 1.807) is 12.3 Å². The molecule has 0 aromatic carbocycles. The van der Waals surface area contributed by atoms with E-state index in [9.17, 15) is 9.90 Å². The number of aliphatic hydroxyl groups is 1. The molecule has 4 heteroatoms. The summed E-state index contributed by atoms with van der Waals surface area (Å²) in [6, 6.07) is 2.00. The van der Waals surface area contributed by atoms with Crippen LogP contribution in [0.1, 0.15) is 54.6 Å². The second-order valence-electron chi connectivity index (χ2n) is 6.17. The topological polar surface area (TPSA) is 53.7 Å². The first kappa shape index (κ1) is 13.7. The van der Waals surface area contributed by atoms with Gasteiger partial charge in [0.15, 0.2) is 0 Å². The monoisotopic (exact) mass is 277 g/mol. The van der Waals surface area contributed by atoms with Crippen LogP contribution in [0.3, 0.4) is 0 Å². The second kappa shape index (κ2) is 5.60. The Hall–Kier alpha value is -1.29. The van der Waals surface area contributed by atoms with Crippen molar-refractivity contribution >= 4 is 5.91 Å². The van der Waals surface area contributed by atoms with Crippen LogP contribution in [0.2, 0.25) is 0 Å². The first-order valence-electron chi connectivity index (χ1n) is 7.71. The number of amides is 1. The van der Waals surface area contributed by atoms with Crippen molar-refractivity contribution in [2.45, 2.75) is 57.6 Å². The van der Waals surface area contributed by atoms with Gasteiger partial charge in [-0.1, -0.05) is 12.8 Å². The Labute approximate surface area is 119 Å². The van der Waals surface area contributed by atoms with Gasteiger partial charge in [0.05, 0.1) is 11.7 Å². The van der Waals surface area contributed by atoms with Gasteiger partial charge in [0, 0.05) is 18.5 Å². The third-order valence-electron chi connectivity index (χ3n) is 4.81. The smallest absolute Gasteiger partial charge is 0.257 e. The van der Waals surface area contributed by atoms with E-state index in [2.05, 4.69) is 0 Å². The lowest BCUT2D eigenvalue weighted by molar-refractivity contribution is 0.0211. The third kappa shape index (κ3) is 2.49. The van der Waals surface area contributed by atoms with E-state index in [-0.39, 0.29) is 24.0 Å². The van der Waals surface area contributed by atoms with E-state index in [0.717, 1.165) is 44.4 Å². The first-order chi connectivity index (χ1) is 9.66. The summed E-state index contributed by atoms with van der Waals surface area (Å²) in [4.78, 5) is 14.6. The highest BCUT2D eigenvalue weighted by Crippen LogP contribution is 2.35. The Balaban J connectivity index is 1.76. The molecule has 20 heavy (non-hydrogen) atoms. The maximum absolute atomic E-state index is 12.6. The fourth-order valence-electron chi connectivity index (χ4n) is 3.80. The Morgan fingerprint density at radius 2 is 2.10 bits per heavy atom. The molecule has 1 N–H and O–H groups in total. The number of carbonyl (C=O) groups is 1. The van der Waals surface area contributed by atoms with Crippen molar-refractivity contribution in [3.05, 3.63) is 23.7 Å². The normalized spacial score (nSPS) is 30.7. The largest absolute Gasteiger partial charge is 0.469 e. The lowest BCUT2D eigenvalue weighted by atomic mass is 9.80. The zero-order chi connectivity index (χ0) is 14.1. The van der Waals surface area contributed by atoms with Crippen LogP contribution >= 0.6 is 0 Å². The molecule has 3 rings (SSSR count). The number of likely N-dealkylation sites (tertiary alicyclic amines) is 1. The van der Waals surface area contributed by atoms with E-state index in [0.29, 0.717) is 5.56 Å². The number of aliphatic hydroxyl groups excluding tert-OH is 1. The minimum absolute atomic E-state index is 0.0575. The molecule has 0 spiro atoms. The van der Waals surface area contributed by atoms with Crippen LogP contribution < -0.4 is 0 Å². The molecule has 1 aromatic heterocycles. The molecule has 0 radical (unpaired) electrons. The van der Waals surface area contributed by atoms with Crippen molar-refractivity contribution in [2.75, 3.05) is 6.54 Å². The number of carbonyl (C=O) groups excluding carboxylic acids is 1. The molecule has 1 aromatic rings. The summed E-state index contributed by atoms with van der Waals surface area (Å²) >= 11 is 0. The third-order valence-corrected chi connectivity index (χ3v) is 4.81. The molecule has 2 aliphatic rings. The van der Waals surface area contributed by atoms with Crippen LogP contribution in [0.5, 0.6) is 0 Å². The van der Waals surface area contributed by atoms with Gasteiger partial charge < -0.3 is 14.4 Å². The predicted molar refractivity (Wildman–Crippen MR) is 75.5 cm³/mol. The van der Waals surface area contributed by atoms with Crippen LogP contribution in [-0.2, 0) is 0 Å². The summed E-state index contributed by atoms with van der Waals surface area (Å²) < 4.78 is 5.25. The molecule has 2 heterocycles. The predicted octanol–water partition coefficient (Wildman–Crippen LogP) is 2.74. The van der Waals surface area contributed by atoms with E-state index < -0.39 is 0 Å². The molecule has 1 saturated carbocycles. The van der Waals surface area contributed by atoms with Gasteiger partial charge in [-0.25, -0.2) is 0 Å². The molecule has 2 fully saturated rings. The van der Waals surface area contributed by atoms with E-state index in [4.69, 9.17) is 4.42 Å². The highest BCUT2D eigenvalue weighted by Gasteiger charge is 2.39. The number of nitrogens with zero attached hydrogens (tertiary/aromatic N) is 1. The van der Waals surface area contributed by atoms with Gasteiger partial charge in [0.25, 0.3) is 5.91 Å². The van der Waals surface area contributed by atoms with Crippen molar-refractivity contribution in [3.63, 3.8) is 0 Å². The van der Waals surface area contributed by atoms with E-state index in [1.807, 2.05) is 11.8 Å². The van der Waals surface area contributed by atoms with Gasteiger partial charge in [0.2, 0.25) is 0 Å². The van der Waals surface area contributed by atoms with Gasteiger partial charge in [-0.15, -0.1) is 0 Å². The zero-order valence-electron chi connectivity index (χ0n) is 12.0. The molecule has 1 saturated heterocycles. The average molecular weight is 277 g/mol. The minimum atomic E-state index is -0.242. The van der Waals surface area contributed by atoms with Crippen LogP contribution in [0.4, 0.5) is 0 Å². The molecule has 110 valence electrons. The molecular weight excluding hydrogens is 254 g/mol. The van der Waals surface area contributed by atoms with Gasteiger partial charge in [-0.3, -0.25) is 4.79 Å². The fraction of sp³-hybridized carbons (Fsp3) is 0.688. The van der Waals surface area contributed by atoms with Gasteiger partial charge in [0.1, 0.15) is 12.0 Å². The molecule has 4 nitrogen and oxygen atoms in total. The van der Waals surface area contributed by atoms with Gasteiger partial charge in [-0.2, -0.15) is 0 Å². The van der Waals surface area contributed by atoms with Gasteiger partial charge >= 0.3 is 0 Å². The number of hydrogen-bond acceptors (Lipinski definition) is 3. The SMILES string of the molecule is Cc1cc(C(=O)N2CCC[C@@H]2[C@@H]2CCCC[C@@H]2O)co1. The minimum Gasteiger partial charge on any atom is -0.469 e. The molecule has 1 aliphatic heterocycles. The summed E-state index contributed by atoms with van der Waals surface area (Å²) in [6.45, 7) is 2.65. The average Bonchev–Trinajstić information content (AvgIpc) is 3.07. The van der Waals surface area contributed by atoms with Gasteiger partial charge in [-0.05, 0) is 38.7 Å². The fourth-order valence-corrected chi connectivity index (χ4v) is 3.80. The summed E-state index contributed by atoms with van der Waals surface area (Å²) in [5.41, 5.74) is 0.639. The highest BCUT2D eigenvalue weighted by atomic mass is 16.3. The number of furan rings is 1. The van der Waals surface area contributed by atoms with Crippen LogP contribution in [0.25, 0.3) is 0 Å². The quantitative estimate of drug-likeness (QED) is 0.904. The second-order valence-corrected chi connectivity index (χ2v) is 6.17. The molecule has 0 bridgehead atoms. The molecule has 3 atom stereocenters. The first-order valence-corrected chi connectivity index (χ1v) is 7.71. The van der Waals surface area contributed by atoms with Crippen molar-refractivity contribution in [3.8, 4) is 0 Å². The van der Waals surface area contributed by atoms with Crippen molar-refractivity contribution in [1.29, 1.82) is 0 Å². The van der Waals surface area contributed by atoms with Crippen LogP contribution in [-0.4, -0.2) is 34.6 Å². The van der Waals surface area contributed by atoms with Crippen molar-refractivity contribution in [1.82, 2.24) is 4.90 Å². The maximum atomic E-state index is 12.6. The van der Waals surface area contributed by atoms with Crippen LogP contribution in [0.15, 0.2) is 16.7 Å². The Kier molecular flexibility index (Phi) is 3.83. The number of aryl methyl sites for hydroxylation is 1. The summed E-state index contributed by atoms with van der Waals surface area (Å²) in [5.74, 6) is 1.08. The van der Waals surface area contributed by atoms with Crippen LogP contribution in [0, 0.1) is 12.8 Å². The Morgan fingerprint density at radius 3 is 2.80 bits per heavy atom. The van der Waals surface area contributed by atoms with Crippen molar-refractivity contribution < 1.29 is 14.3 Å². The van der Waals surface area contributed by atoms with Crippen molar-refractivity contribution in [2.24, 2.45) is 5.92 Å². The zero-order valence-corrected chi connectivity index (χ0v) is 12.0.